The van der Waals surface area contributed by atoms with E-state index in [2.05, 4.69) is 20.3 Å². The van der Waals surface area contributed by atoms with Crippen LogP contribution in [-0.2, 0) is 11.3 Å². The van der Waals surface area contributed by atoms with Crippen molar-refractivity contribution in [1.82, 2.24) is 19.5 Å². The summed E-state index contributed by atoms with van der Waals surface area (Å²) in [6.45, 7) is 7.80. The Morgan fingerprint density at radius 1 is 1.32 bits per heavy atom. The molecule has 0 saturated heterocycles. The van der Waals surface area contributed by atoms with Crippen LogP contribution >= 0.6 is 0 Å². The third-order valence-electron chi connectivity index (χ3n) is 2.62. The Labute approximate surface area is 112 Å². The molecule has 1 N–H and O–H groups in total. The Bertz CT molecular complexity index is 538. The van der Waals surface area contributed by atoms with Crippen molar-refractivity contribution < 1.29 is 4.74 Å². The van der Waals surface area contributed by atoms with E-state index in [0.29, 0.717) is 19.0 Å². The first kappa shape index (κ1) is 13.5. The highest BCUT2D eigenvalue weighted by Gasteiger charge is 2.08. The SMILES string of the molecule is CCNc1cc(-n2ccnc2C)nc(COCC)n1. The smallest absolute Gasteiger partial charge is 0.158 e. The molecule has 0 saturated carbocycles. The molecule has 0 fully saturated rings. The number of hydrogen-bond donors (Lipinski definition) is 1. The lowest BCUT2D eigenvalue weighted by Gasteiger charge is -2.10. The lowest BCUT2D eigenvalue weighted by atomic mass is 10.4. The molecule has 19 heavy (non-hydrogen) atoms. The maximum atomic E-state index is 5.38. The summed E-state index contributed by atoms with van der Waals surface area (Å²) < 4.78 is 7.31. The van der Waals surface area contributed by atoms with Crippen LogP contribution in [0.4, 0.5) is 5.82 Å². The van der Waals surface area contributed by atoms with Crippen LogP contribution in [0.3, 0.4) is 0 Å². The Morgan fingerprint density at radius 3 is 2.79 bits per heavy atom. The standard InChI is InChI=1S/C13H19N5O/c1-4-14-11-8-13(18-7-6-15-10(18)3)17-12(16-11)9-19-5-2/h6-8H,4-5,9H2,1-3H3,(H,14,16,17). The molecule has 2 rings (SSSR count). The zero-order valence-electron chi connectivity index (χ0n) is 11.6. The number of nitrogens with one attached hydrogen (secondary N) is 1. The van der Waals surface area contributed by atoms with Crippen molar-refractivity contribution in [3.05, 3.63) is 30.1 Å². The van der Waals surface area contributed by atoms with Gasteiger partial charge in [0.25, 0.3) is 0 Å². The summed E-state index contributed by atoms with van der Waals surface area (Å²) in [5, 5.41) is 3.21. The average Bonchev–Trinajstić information content (AvgIpc) is 2.83. The first-order valence-electron chi connectivity index (χ1n) is 6.44. The summed E-state index contributed by atoms with van der Waals surface area (Å²) in [5.74, 6) is 3.16. The van der Waals surface area contributed by atoms with Gasteiger partial charge in [0.2, 0.25) is 0 Å². The third kappa shape index (κ3) is 3.29. The van der Waals surface area contributed by atoms with Crippen molar-refractivity contribution in [2.45, 2.75) is 27.4 Å². The molecule has 2 heterocycles. The van der Waals surface area contributed by atoms with E-state index in [1.165, 1.54) is 0 Å². The van der Waals surface area contributed by atoms with Crippen molar-refractivity contribution >= 4 is 5.82 Å². The van der Waals surface area contributed by atoms with Gasteiger partial charge in [-0.05, 0) is 20.8 Å². The quantitative estimate of drug-likeness (QED) is 0.861. The van der Waals surface area contributed by atoms with Gasteiger partial charge in [-0.15, -0.1) is 0 Å². The van der Waals surface area contributed by atoms with Crippen LogP contribution in [0, 0.1) is 6.92 Å². The molecule has 2 aromatic heterocycles. The summed E-state index contributed by atoms with van der Waals surface area (Å²) >= 11 is 0. The highest BCUT2D eigenvalue weighted by molar-refractivity contribution is 5.42. The van der Waals surface area contributed by atoms with Gasteiger partial charge in [-0.1, -0.05) is 0 Å². The summed E-state index contributed by atoms with van der Waals surface area (Å²) in [5.41, 5.74) is 0. The number of aryl methyl sites for hydroxylation is 1. The van der Waals surface area contributed by atoms with Gasteiger partial charge < -0.3 is 10.1 Å². The summed E-state index contributed by atoms with van der Waals surface area (Å²) in [6, 6.07) is 1.91. The molecule has 0 aliphatic heterocycles. The fraction of sp³-hybridized carbons (Fsp3) is 0.462. The first-order valence-corrected chi connectivity index (χ1v) is 6.44. The Balaban J connectivity index is 2.36. The van der Waals surface area contributed by atoms with E-state index in [-0.39, 0.29) is 0 Å². The van der Waals surface area contributed by atoms with E-state index in [0.717, 1.165) is 24.0 Å². The molecule has 0 aliphatic carbocycles. The molecule has 102 valence electrons. The van der Waals surface area contributed by atoms with E-state index in [1.54, 1.807) is 6.20 Å². The highest BCUT2D eigenvalue weighted by atomic mass is 16.5. The number of nitrogens with zero attached hydrogens (tertiary/aromatic N) is 4. The molecular formula is C13H19N5O. The maximum absolute atomic E-state index is 5.38. The second-order valence-corrected chi connectivity index (χ2v) is 4.04. The van der Waals surface area contributed by atoms with Crippen LogP contribution in [0.15, 0.2) is 18.5 Å². The second-order valence-electron chi connectivity index (χ2n) is 4.04. The van der Waals surface area contributed by atoms with Gasteiger partial charge in [0.1, 0.15) is 24.1 Å². The van der Waals surface area contributed by atoms with Crippen LogP contribution in [-0.4, -0.2) is 32.7 Å². The molecule has 0 radical (unpaired) electrons. The van der Waals surface area contributed by atoms with Gasteiger partial charge in [-0.2, -0.15) is 0 Å². The van der Waals surface area contributed by atoms with Crippen molar-refractivity contribution in [3.63, 3.8) is 0 Å². The highest BCUT2D eigenvalue weighted by Crippen LogP contribution is 2.13. The van der Waals surface area contributed by atoms with Crippen molar-refractivity contribution in [1.29, 1.82) is 0 Å². The Hall–Kier alpha value is -1.95. The van der Waals surface area contributed by atoms with Crippen LogP contribution in [0.5, 0.6) is 0 Å². The molecule has 0 atom stereocenters. The summed E-state index contributed by atoms with van der Waals surface area (Å²) in [7, 11) is 0. The van der Waals surface area contributed by atoms with Crippen LogP contribution < -0.4 is 5.32 Å². The monoisotopic (exact) mass is 261 g/mol. The van der Waals surface area contributed by atoms with E-state index >= 15 is 0 Å². The second kappa shape index (κ2) is 6.29. The molecule has 0 aliphatic rings. The normalized spacial score (nSPS) is 10.7. The zero-order valence-corrected chi connectivity index (χ0v) is 11.6. The summed E-state index contributed by atoms with van der Waals surface area (Å²) in [6.07, 6.45) is 3.64. The molecule has 0 spiro atoms. The van der Waals surface area contributed by atoms with Crippen LogP contribution in [0.2, 0.25) is 0 Å². The molecule has 0 bridgehead atoms. The maximum Gasteiger partial charge on any atom is 0.158 e. The number of aromatic nitrogens is 4. The topological polar surface area (TPSA) is 64.9 Å². The van der Waals surface area contributed by atoms with Gasteiger partial charge >= 0.3 is 0 Å². The number of imidazole rings is 1. The molecule has 0 amide bonds. The Kier molecular flexibility index (Phi) is 4.46. The zero-order chi connectivity index (χ0) is 13.7. The number of hydrogen-bond acceptors (Lipinski definition) is 5. The van der Waals surface area contributed by atoms with Crippen LogP contribution in [0.25, 0.3) is 5.82 Å². The molecular weight excluding hydrogens is 242 g/mol. The van der Waals surface area contributed by atoms with Gasteiger partial charge in [-0.25, -0.2) is 15.0 Å². The lowest BCUT2D eigenvalue weighted by Crippen LogP contribution is -2.09. The molecule has 0 aromatic carbocycles. The van der Waals surface area contributed by atoms with Gasteiger partial charge in [0, 0.05) is 31.6 Å². The largest absolute Gasteiger partial charge is 0.374 e. The summed E-state index contributed by atoms with van der Waals surface area (Å²) in [4.78, 5) is 13.1. The van der Waals surface area contributed by atoms with Crippen LogP contribution in [0.1, 0.15) is 25.5 Å². The van der Waals surface area contributed by atoms with E-state index in [1.807, 2.05) is 37.6 Å². The lowest BCUT2D eigenvalue weighted by molar-refractivity contribution is 0.128. The minimum absolute atomic E-state index is 0.413. The number of anilines is 1. The third-order valence-corrected chi connectivity index (χ3v) is 2.62. The first-order chi connectivity index (χ1) is 9.24. The number of ether oxygens (including phenoxy) is 1. The number of rotatable bonds is 6. The van der Waals surface area contributed by atoms with Gasteiger partial charge in [0.15, 0.2) is 5.82 Å². The fourth-order valence-electron chi connectivity index (χ4n) is 1.76. The molecule has 2 aromatic rings. The predicted octanol–water partition coefficient (Wildman–Crippen LogP) is 1.94. The molecule has 6 heteroatoms. The average molecular weight is 261 g/mol. The van der Waals surface area contributed by atoms with Crippen molar-refractivity contribution in [3.8, 4) is 5.82 Å². The predicted molar refractivity (Wildman–Crippen MR) is 73.4 cm³/mol. The van der Waals surface area contributed by atoms with E-state index in [9.17, 15) is 0 Å². The van der Waals surface area contributed by atoms with Crippen molar-refractivity contribution in [2.24, 2.45) is 0 Å². The minimum Gasteiger partial charge on any atom is -0.374 e. The van der Waals surface area contributed by atoms with Gasteiger partial charge in [0.05, 0.1) is 0 Å². The fourth-order valence-corrected chi connectivity index (χ4v) is 1.76. The van der Waals surface area contributed by atoms with Crippen molar-refractivity contribution in [2.75, 3.05) is 18.5 Å². The Morgan fingerprint density at radius 2 is 2.16 bits per heavy atom. The molecule has 6 nitrogen and oxygen atoms in total. The molecule has 0 unspecified atom stereocenters. The van der Waals surface area contributed by atoms with E-state index in [4.69, 9.17) is 4.74 Å². The van der Waals surface area contributed by atoms with E-state index < -0.39 is 0 Å². The van der Waals surface area contributed by atoms with Gasteiger partial charge in [-0.3, -0.25) is 4.57 Å². The minimum atomic E-state index is 0.413.